The van der Waals surface area contributed by atoms with E-state index in [0.29, 0.717) is 31.4 Å². The largest absolute Gasteiger partial charge is 0.481 e. The van der Waals surface area contributed by atoms with E-state index in [0.717, 1.165) is 41.5 Å². The molecule has 0 aliphatic heterocycles. The second kappa shape index (κ2) is 20.3. The van der Waals surface area contributed by atoms with Gasteiger partial charge in [0.2, 0.25) is 17.7 Å². The molecule has 1 amide bonds. The Kier molecular flexibility index (Phi) is 15.6. The van der Waals surface area contributed by atoms with Crippen molar-refractivity contribution in [1.82, 2.24) is 15.3 Å². The molecular formula is C40H48F2N4O7. The van der Waals surface area contributed by atoms with Crippen LogP contribution in [0.1, 0.15) is 85.7 Å². The smallest absolute Gasteiger partial charge is 0.307 e. The molecule has 6 atom stereocenters. The number of hydrogen-bond donors (Lipinski definition) is 5. The molecule has 0 saturated heterocycles. The van der Waals surface area contributed by atoms with Crippen molar-refractivity contribution in [1.29, 1.82) is 0 Å². The first-order valence-corrected chi connectivity index (χ1v) is 17.8. The van der Waals surface area contributed by atoms with Crippen LogP contribution in [0.4, 0.5) is 8.78 Å². The lowest BCUT2D eigenvalue weighted by Gasteiger charge is -2.17. The molecule has 2 aromatic heterocycles. The molecule has 53 heavy (non-hydrogen) atoms. The van der Waals surface area contributed by atoms with Crippen molar-refractivity contribution < 1.29 is 43.2 Å². The molecule has 0 bridgehead atoms. The third kappa shape index (κ3) is 12.6. The number of benzene rings is 2. The molecule has 2 fully saturated rings. The van der Waals surface area contributed by atoms with E-state index in [4.69, 9.17) is 25.4 Å². The number of nitrogens with one attached hydrogen (secondary N) is 1. The van der Waals surface area contributed by atoms with Crippen LogP contribution in [0.3, 0.4) is 0 Å². The second-order valence-electron chi connectivity index (χ2n) is 12.9. The Morgan fingerprint density at radius 3 is 1.62 bits per heavy atom. The van der Waals surface area contributed by atoms with Crippen LogP contribution in [0.2, 0.25) is 0 Å². The highest BCUT2D eigenvalue weighted by molar-refractivity contribution is 5.83. The number of nitrogens with zero attached hydrogens (tertiary/aromatic N) is 2. The first kappa shape index (κ1) is 40.8. The molecule has 13 heteroatoms. The molecule has 0 spiro atoms. The maximum absolute atomic E-state index is 13.0. The Morgan fingerprint density at radius 1 is 0.755 bits per heavy atom. The predicted molar refractivity (Wildman–Crippen MR) is 194 cm³/mol. The first-order chi connectivity index (χ1) is 25.6. The Hall–Kier alpha value is -4.98. The highest BCUT2D eigenvalue weighted by atomic mass is 19.1. The lowest BCUT2D eigenvalue weighted by atomic mass is 10.1. The van der Waals surface area contributed by atoms with Gasteiger partial charge in [0.15, 0.2) is 0 Å². The molecule has 0 radical (unpaired) electrons. The maximum Gasteiger partial charge on any atom is 0.307 e. The molecule has 2 aliphatic carbocycles. The number of aromatic nitrogens is 2. The number of amides is 1. The highest BCUT2D eigenvalue weighted by Crippen LogP contribution is 2.48. The van der Waals surface area contributed by atoms with Crippen molar-refractivity contribution in [3.63, 3.8) is 0 Å². The molecule has 2 heterocycles. The van der Waals surface area contributed by atoms with Gasteiger partial charge < -0.3 is 35.8 Å². The predicted octanol–water partition coefficient (Wildman–Crippen LogP) is 5.84. The van der Waals surface area contributed by atoms with E-state index in [9.17, 15) is 23.5 Å². The van der Waals surface area contributed by atoms with Crippen LogP contribution in [-0.4, -0.2) is 63.6 Å². The first-order valence-electron chi connectivity index (χ1n) is 17.8. The number of carboxylic acid groups (broad SMARTS) is 1. The normalized spacial score (nSPS) is 19.2. The van der Waals surface area contributed by atoms with Gasteiger partial charge in [0.05, 0.1) is 44.4 Å². The van der Waals surface area contributed by atoms with Gasteiger partial charge in [-0.25, -0.2) is 18.7 Å². The van der Waals surface area contributed by atoms with Crippen LogP contribution in [-0.2, 0) is 9.59 Å². The number of nitrogens with two attached hydrogens (primary N) is 1. The quantitative estimate of drug-likeness (QED) is 0.0998. The molecular weight excluding hydrogens is 686 g/mol. The molecule has 4 aromatic rings. The summed E-state index contributed by atoms with van der Waals surface area (Å²) in [7, 11) is 0. The maximum atomic E-state index is 13.0. The third-order valence-corrected chi connectivity index (χ3v) is 8.78. The fourth-order valence-corrected chi connectivity index (χ4v) is 5.52. The summed E-state index contributed by atoms with van der Waals surface area (Å²) in [5, 5.41) is 30.0. The zero-order chi connectivity index (χ0) is 38.3. The summed E-state index contributed by atoms with van der Waals surface area (Å²) in [4.78, 5) is 31.3. The number of carboxylic acids is 1. The van der Waals surface area contributed by atoms with Crippen LogP contribution >= 0.6 is 0 Å². The number of carbonyl (C=O) groups excluding carboxylic acids is 1. The molecule has 2 aliphatic rings. The lowest BCUT2D eigenvalue weighted by molar-refractivity contribution is -0.138. The topological polar surface area (TPSA) is 177 Å². The summed E-state index contributed by atoms with van der Waals surface area (Å²) in [5.74, 6) is -0.501. The summed E-state index contributed by atoms with van der Waals surface area (Å²) < 4.78 is 36.3. The number of pyridine rings is 2. The van der Waals surface area contributed by atoms with E-state index in [1.54, 1.807) is 54.9 Å². The Labute approximate surface area is 308 Å². The van der Waals surface area contributed by atoms with Crippen LogP contribution in [0.25, 0.3) is 0 Å². The van der Waals surface area contributed by atoms with E-state index >= 15 is 0 Å². The monoisotopic (exact) mass is 734 g/mol. The number of rotatable bonds is 15. The zero-order valence-electron chi connectivity index (χ0n) is 29.9. The Bertz CT molecular complexity index is 1710. The van der Waals surface area contributed by atoms with Gasteiger partial charge in [0.25, 0.3) is 0 Å². The summed E-state index contributed by atoms with van der Waals surface area (Å²) in [6, 6.07) is 18.5. The lowest BCUT2D eigenvalue weighted by Crippen LogP contribution is -2.32. The molecule has 2 aromatic carbocycles. The zero-order valence-corrected chi connectivity index (χ0v) is 29.9. The molecule has 11 nitrogen and oxygen atoms in total. The van der Waals surface area contributed by atoms with Gasteiger partial charge in [-0.2, -0.15) is 0 Å². The molecule has 6 rings (SSSR count). The summed E-state index contributed by atoms with van der Waals surface area (Å²) in [6.45, 7) is 5.03. The SMILES string of the molecule is CCCOc1ccc([C@@H](N)CO)cn1.CCCOc1ccc([C@H](CO)NC(=O)[C@H]2C[C@@H]2c2ccc(F)cc2)cn1.O=C(O)[C@H]1C[C@@H]1c1ccc(F)cc1. The summed E-state index contributed by atoms with van der Waals surface area (Å²) in [5.41, 5.74) is 9.04. The van der Waals surface area contributed by atoms with Gasteiger partial charge in [-0.1, -0.05) is 44.2 Å². The van der Waals surface area contributed by atoms with Gasteiger partial charge in [-0.05, 0) is 90.1 Å². The van der Waals surface area contributed by atoms with Crippen LogP contribution in [0.15, 0.2) is 85.2 Å². The minimum absolute atomic E-state index is 0.0726. The van der Waals surface area contributed by atoms with Crippen molar-refractivity contribution in [2.75, 3.05) is 26.4 Å². The number of ether oxygens (including phenoxy) is 2. The van der Waals surface area contributed by atoms with Gasteiger partial charge in [0.1, 0.15) is 11.6 Å². The van der Waals surface area contributed by atoms with E-state index in [-0.39, 0.29) is 60.5 Å². The average Bonchev–Trinajstić information content (AvgIpc) is 4.12. The van der Waals surface area contributed by atoms with Crippen molar-refractivity contribution >= 4 is 11.9 Å². The number of halogens is 2. The second-order valence-corrected chi connectivity index (χ2v) is 12.9. The Balaban J connectivity index is 0.000000196. The van der Waals surface area contributed by atoms with E-state index in [1.807, 2.05) is 19.9 Å². The molecule has 0 unspecified atom stereocenters. The van der Waals surface area contributed by atoms with Crippen molar-refractivity contribution in [3.05, 3.63) is 119 Å². The van der Waals surface area contributed by atoms with Crippen molar-refractivity contribution in [2.45, 2.75) is 63.5 Å². The fourth-order valence-electron chi connectivity index (χ4n) is 5.52. The number of carbonyl (C=O) groups is 2. The molecule has 284 valence electrons. The molecule has 6 N–H and O–H groups in total. The van der Waals surface area contributed by atoms with Crippen LogP contribution in [0, 0.1) is 23.5 Å². The average molecular weight is 735 g/mol. The highest BCUT2D eigenvalue weighted by Gasteiger charge is 2.45. The van der Waals surface area contributed by atoms with E-state index in [1.165, 1.54) is 24.3 Å². The standard InChI is InChI=1S/C20H23FN2O3.C10H9FO2.C10H16N2O2/c1-2-9-26-19-8-5-14(11-22-19)18(12-24)23-20(25)17-10-16(17)13-3-6-15(21)7-4-13;11-7-3-1-6(2-4-7)8-5-9(8)10(12)13;1-2-5-14-10-4-3-8(6-12-10)9(11)7-13/h3-8,11,16-18,24H,2,9-10,12H2,1H3,(H,23,25);1-4,8-9H,5H2,(H,12,13);3-4,6,9,13H,2,5,7,11H2,1H3/t16-,17+,18+;8-,9+;9-/m110/s1. The molecule has 2 saturated carbocycles. The van der Waals surface area contributed by atoms with E-state index < -0.39 is 12.0 Å². The van der Waals surface area contributed by atoms with E-state index in [2.05, 4.69) is 15.3 Å². The van der Waals surface area contributed by atoms with Crippen LogP contribution in [0.5, 0.6) is 11.8 Å². The summed E-state index contributed by atoms with van der Waals surface area (Å²) >= 11 is 0. The van der Waals surface area contributed by atoms with Gasteiger partial charge in [-0.15, -0.1) is 0 Å². The van der Waals surface area contributed by atoms with Gasteiger partial charge in [0, 0.05) is 30.4 Å². The van der Waals surface area contributed by atoms with Crippen molar-refractivity contribution in [2.24, 2.45) is 17.6 Å². The van der Waals surface area contributed by atoms with Gasteiger partial charge in [-0.3, -0.25) is 9.59 Å². The summed E-state index contributed by atoms with van der Waals surface area (Å²) in [6.07, 6.45) is 6.51. The third-order valence-electron chi connectivity index (χ3n) is 8.78. The van der Waals surface area contributed by atoms with Crippen molar-refractivity contribution in [3.8, 4) is 11.8 Å². The minimum Gasteiger partial charge on any atom is -0.481 e. The van der Waals surface area contributed by atoms with Gasteiger partial charge >= 0.3 is 5.97 Å². The Morgan fingerprint density at radius 2 is 1.23 bits per heavy atom. The fraction of sp³-hybridized carbons (Fsp3) is 0.400. The van der Waals surface area contributed by atoms with Crippen LogP contribution < -0.4 is 20.5 Å². The number of aliphatic hydroxyl groups is 2. The minimum atomic E-state index is -0.755. The number of aliphatic carboxylic acids is 1. The number of hydrogen-bond acceptors (Lipinski definition) is 9. The number of aliphatic hydroxyl groups excluding tert-OH is 2.